The van der Waals surface area contributed by atoms with Crippen LogP contribution in [0.4, 0.5) is 0 Å². The molecule has 0 aliphatic carbocycles. The fourth-order valence-electron chi connectivity index (χ4n) is 1.71. The molecule has 0 fully saturated rings. The molecule has 0 unspecified atom stereocenters. The Kier molecular flexibility index (Phi) is 4.93. The number of halogens is 1. The molecule has 1 N–H and O–H groups in total. The van der Waals surface area contributed by atoms with Gasteiger partial charge < -0.3 is 0 Å². The van der Waals surface area contributed by atoms with Gasteiger partial charge in [-0.2, -0.15) is 0 Å². The molecule has 1 aromatic carbocycles. The summed E-state index contributed by atoms with van der Waals surface area (Å²) in [5.74, 6) is -0.194. The number of rotatable bonds is 3. The highest BCUT2D eigenvalue weighted by atomic mass is 35.5. The number of Topliss-reactive ketones (excluding diaryl/α,β-unsaturated/α-hetero) is 1. The van der Waals surface area contributed by atoms with Crippen LogP contribution in [0.2, 0.25) is 5.02 Å². The van der Waals surface area contributed by atoms with E-state index in [1.54, 1.807) is 41.5 Å². The Hall–Kier alpha value is -0.910. The fraction of sp³-hybridized carbons (Fsp3) is 0.533. The molecule has 0 aromatic heterocycles. The van der Waals surface area contributed by atoms with E-state index in [0.717, 1.165) is 0 Å². The van der Waals surface area contributed by atoms with Crippen molar-refractivity contribution in [3.8, 4) is 0 Å². The van der Waals surface area contributed by atoms with Gasteiger partial charge in [-0.3, -0.25) is 4.79 Å². The molecular formula is C15H22ClNO3S. The fourth-order valence-corrected chi connectivity index (χ4v) is 3.36. The number of carbonyl (C=O) groups is 1. The van der Waals surface area contributed by atoms with Gasteiger partial charge in [0.05, 0.1) is 9.92 Å². The number of ketones is 1. The zero-order valence-corrected chi connectivity index (χ0v) is 14.8. The van der Waals surface area contributed by atoms with Gasteiger partial charge in [0.25, 0.3) is 0 Å². The first kappa shape index (κ1) is 18.1. The smallest absolute Gasteiger partial charge is 0.241 e. The molecule has 1 rings (SSSR count). The number of carbonyl (C=O) groups excluding carboxylic acids is 1. The average Bonchev–Trinajstić information content (AvgIpc) is 2.23. The normalized spacial score (nSPS) is 13.3. The molecule has 0 amide bonds. The van der Waals surface area contributed by atoms with Gasteiger partial charge in [0.15, 0.2) is 5.78 Å². The van der Waals surface area contributed by atoms with Crippen LogP contribution in [-0.2, 0) is 10.0 Å². The summed E-state index contributed by atoms with van der Waals surface area (Å²) in [5, 5.41) is 0.254. The van der Waals surface area contributed by atoms with Crippen molar-refractivity contribution in [2.24, 2.45) is 5.41 Å². The van der Waals surface area contributed by atoms with Gasteiger partial charge in [0.1, 0.15) is 0 Å². The lowest BCUT2D eigenvalue weighted by Crippen LogP contribution is -2.40. The maximum absolute atomic E-state index is 12.4. The van der Waals surface area contributed by atoms with Gasteiger partial charge in [0, 0.05) is 16.5 Å². The van der Waals surface area contributed by atoms with E-state index >= 15 is 0 Å². The summed E-state index contributed by atoms with van der Waals surface area (Å²) in [4.78, 5) is 12.4. The van der Waals surface area contributed by atoms with Crippen molar-refractivity contribution in [1.29, 1.82) is 0 Å². The van der Waals surface area contributed by atoms with Crippen molar-refractivity contribution >= 4 is 27.4 Å². The van der Waals surface area contributed by atoms with E-state index in [0.29, 0.717) is 0 Å². The van der Waals surface area contributed by atoms with Crippen molar-refractivity contribution < 1.29 is 13.2 Å². The molecule has 118 valence electrons. The minimum Gasteiger partial charge on any atom is -0.294 e. The molecule has 0 saturated heterocycles. The summed E-state index contributed by atoms with van der Waals surface area (Å²) in [6, 6.07) is 4.18. The van der Waals surface area contributed by atoms with E-state index in [-0.39, 0.29) is 21.3 Å². The lowest BCUT2D eigenvalue weighted by atomic mass is 9.86. The van der Waals surface area contributed by atoms with Crippen molar-refractivity contribution in [2.75, 3.05) is 0 Å². The van der Waals surface area contributed by atoms with Crippen LogP contribution in [0.3, 0.4) is 0 Å². The van der Waals surface area contributed by atoms with Crippen LogP contribution in [0.25, 0.3) is 0 Å². The maximum Gasteiger partial charge on any atom is 0.241 e. The van der Waals surface area contributed by atoms with Crippen molar-refractivity contribution in [3.05, 3.63) is 28.8 Å². The van der Waals surface area contributed by atoms with Gasteiger partial charge in [-0.25, -0.2) is 13.1 Å². The first-order chi connectivity index (χ1) is 9.24. The molecule has 0 bridgehead atoms. The molecule has 0 saturated carbocycles. The number of nitrogens with one attached hydrogen (secondary N) is 1. The second-order valence-electron chi connectivity index (χ2n) is 7.08. The summed E-state index contributed by atoms with van der Waals surface area (Å²) in [7, 11) is -3.70. The van der Waals surface area contributed by atoms with Crippen LogP contribution in [0.15, 0.2) is 23.1 Å². The highest BCUT2D eigenvalue weighted by Crippen LogP contribution is 2.28. The monoisotopic (exact) mass is 331 g/mol. The Morgan fingerprint density at radius 3 is 2.05 bits per heavy atom. The van der Waals surface area contributed by atoms with Gasteiger partial charge >= 0.3 is 0 Å². The lowest BCUT2D eigenvalue weighted by Gasteiger charge is -2.21. The van der Waals surface area contributed by atoms with E-state index in [2.05, 4.69) is 4.72 Å². The standard InChI is InChI=1S/C15H22ClNO3S/c1-14(2,3)13(18)11-9-10(7-8-12(11)16)21(19,20)17-15(4,5)6/h7-9,17H,1-6H3. The van der Waals surface area contributed by atoms with Crippen LogP contribution < -0.4 is 4.72 Å². The van der Waals surface area contributed by atoms with E-state index < -0.39 is 21.0 Å². The molecule has 0 atom stereocenters. The van der Waals surface area contributed by atoms with Crippen LogP contribution >= 0.6 is 11.6 Å². The molecular weight excluding hydrogens is 310 g/mol. The van der Waals surface area contributed by atoms with Crippen molar-refractivity contribution in [3.63, 3.8) is 0 Å². The summed E-state index contributed by atoms with van der Waals surface area (Å²) in [5.41, 5.74) is -1.02. The molecule has 0 spiro atoms. The lowest BCUT2D eigenvalue weighted by molar-refractivity contribution is 0.0858. The number of hydrogen-bond acceptors (Lipinski definition) is 3. The van der Waals surface area contributed by atoms with Crippen LogP contribution in [-0.4, -0.2) is 19.7 Å². The Labute approximate surface area is 131 Å². The molecule has 1 aromatic rings. The predicted molar refractivity (Wildman–Crippen MR) is 85.3 cm³/mol. The number of hydrogen-bond donors (Lipinski definition) is 1. The SMILES string of the molecule is CC(C)(C)NS(=O)(=O)c1ccc(Cl)c(C(=O)C(C)(C)C)c1. The summed E-state index contributed by atoms with van der Waals surface area (Å²) < 4.78 is 27.2. The maximum atomic E-state index is 12.4. The average molecular weight is 332 g/mol. The third kappa shape index (κ3) is 4.80. The zero-order chi connectivity index (χ0) is 16.6. The summed E-state index contributed by atoms with van der Waals surface area (Å²) in [6.45, 7) is 10.5. The van der Waals surface area contributed by atoms with Crippen LogP contribution in [0.5, 0.6) is 0 Å². The summed E-state index contributed by atoms with van der Waals surface area (Å²) in [6.07, 6.45) is 0. The molecule has 21 heavy (non-hydrogen) atoms. The Morgan fingerprint density at radius 1 is 1.10 bits per heavy atom. The quantitative estimate of drug-likeness (QED) is 0.860. The molecule has 0 radical (unpaired) electrons. The number of benzene rings is 1. The van der Waals surface area contributed by atoms with Gasteiger partial charge in [-0.15, -0.1) is 0 Å². The highest BCUT2D eigenvalue weighted by Gasteiger charge is 2.28. The van der Waals surface area contributed by atoms with E-state index in [9.17, 15) is 13.2 Å². The van der Waals surface area contributed by atoms with Crippen LogP contribution in [0, 0.1) is 5.41 Å². The van der Waals surface area contributed by atoms with E-state index in [4.69, 9.17) is 11.6 Å². The third-order valence-corrected chi connectivity index (χ3v) is 4.70. The predicted octanol–water partition coefficient (Wildman–Crippen LogP) is 3.65. The Bertz CT molecular complexity index is 652. The van der Waals surface area contributed by atoms with E-state index in [1.807, 2.05) is 0 Å². The van der Waals surface area contributed by atoms with Crippen molar-refractivity contribution in [2.45, 2.75) is 52.0 Å². The van der Waals surface area contributed by atoms with Gasteiger partial charge in [-0.05, 0) is 39.0 Å². The Morgan fingerprint density at radius 2 is 1.62 bits per heavy atom. The van der Waals surface area contributed by atoms with Gasteiger partial charge in [0.2, 0.25) is 10.0 Å². The topological polar surface area (TPSA) is 63.2 Å². The minimum absolute atomic E-state index is 0.0365. The van der Waals surface area contributed by atoms with Gasteiger partial charge in [-0.1, -0.05) is 32.4 Å². The molecule has 0 aliphatic rings. The minimum atomic E-state index is -3.70. The summed E-state index contributed by atoms with van der Waals surface area (Å²) >= 11 is 6.04. The first-order valence-electron chi connectivity index (χ1n) is 6.62. The first-order valence-corrected chi connectivity index (χ1v) is 8.48. The second kappa shape index (κ2) is 5.71. The molecule has 0 heterocycles. The molecule has 4 nitrogen and oxygen atoms in total. The van der Waals surface area contributed by atoms with Crippen LogP contribution in [0.1, 0.15) is 51.9 Å². The van der Waals surface area contributed by atoms with Crippen molar-refractivity contribution in [1.82, 2.24) is 4.72 Å². The largest absolute Gasteiger partial charge is 0.294 e. The second-order valence-corrected chi connectivity index (χ2v) is 9.17. The zero-order valence-electron chi connectivity index (χ0n) is 13.2. The Balaban J connectivity index is 3.34. The molecule has 6 heteroatoms. The molecule has 0 aliphatic heterocycles. The number of sulfonamides is 1. The van der Waals surface area contributed by atoms with E-state index in [1.165, 1.54) is 18.2 Å². The third-order valence-electron chi connectivity index (χ3n) is 2.61. The highest BCUT2D eigenvalue weighted by molar-refractivity contribution is 7.89.